The number of hydrogen-bond acceptors (Lipinski definition) is 3. The van der Waals surface area contributed by atoms with Crippen molar-refractivity contribution in [2.75, 3.05) is 25.5 Å². The van der Waals surface area contributed by atoms with Crippen LogP contribution < -0.4 is 10.6 Å². The molecular formula is C22H27N3O2. The number of carboxylic acid groups (broad SMARTS) is 1. The quantitative estimate of drug-likeness (QED) is 0.530. The molecule has 27 heavy (non-hydrogen) atoms. The second-order valence-corrected chi connectivity index (χ2v) is 7.12. The van der Waals surface area contributed by atoms with E-state index in [1.807, 2.05) is 32.3 Å². The number of fused-ring (bicyclic) bond motifs is 1. The Morgan fingerprint density at radius 3 is 2.48 bits per heavy atom. The van der Waals surface area contributed by atoms with Crippen LogP contribution in [0.3, 0.4) is 0 Å². The maximum Gasteiger partial charge on any atom is 0.307 e. The van der Waals surface area contributed by atoms with Crippen molar-refractivity contribution in [3.63, 3.8) is 0 Å². The van der Waals surface area contributed by atoms with E-state index in [2.05, 4.69) is 34.1 Å². The van der Waals surface area contributed by atoms with Gasteiger partial charge in [-0.2, -0.15) is 0 Å². The van der Waals surface area contributed by atoms with Gasteiger partial charge in [0.15, 0.2) is 0 Å². The van der Waals surface area contributed by atoms with Gasteiger partial charge < -0.3 is 20.7 Å². The largest absolute Gasteiger partial charge is 0.481 e. The number of aryl methyl sites for hydroxylation is 1. The van der Waals surface area contributed by atoms with Crippen molar-refractivity contribution in [2.45, 2.75) is 25.7 Å². The highest BCUT2D eigenvalue weighted by Crippen LogP contribution is 2.33. The molecule has 5 heteroatoms. The SMILES string of the molecule is CN(C)c1ccc(-c2[nH]c3ccc(CC(=O)O)cc3c2CCCCN)cc1. The molecule has 3 rings (SSSR count). The van der Waals surface area contributed by atoms with Crippen LogP contribution >= 0.6 is 0 Å². The molecule has 0 unspecified atom stereocenters. The van der Waals surface area contributed by atoms with E-state index in [4.69, 9.17) is 10.8 Å². The number of anilines is 1. The molecule has 1 aromatic heterocycles. The molecule has 142 valence electrons. The van der Waals surface area contributed by atoms with Gasteiger partial charge >= 0.3 is 5.97 Å². The molecule has 0 saturated heterocycles. The van der Waals surface area contributed by atoms with E-state index >= 15 is 0 Å². The molecule has 0 bridgehead atoms. The molecule has 0 fully saturated rings. The van der Waals surface area contributed by atoms with Gasteiger partial charge in [-0.1, -0.05) is 18.2 Å². The van der Waals surface area contributed by atoms with Crippen LogP contribution in [0.2, 0.25) is 0 Å². The van der Waals surface area contributed by atoms with E-state index in [9.17, 15) is 4.79 Å². The minimum atomic E-state index is -0.811. The third kappa shape index (κ3) is 4.31. The van der Waals surface area contributed by atoms with Crippen molar-refractivity contribution in [1.29, 1.82) is 0 Å². The van der Waals surface area contributed by atoms with E-state index in [-0.39, 0.29) is 6.42 Å². The second-order valence-electron chi connectivity index (χ2n) is 7.12. The lowest BCUT2D eigenvalue weighted by atomic mass is 9.98. The van der Waals surface area contributed by atoms with E-state index < -0.39 is 5.97 Å². The van der Waals surface area contributed by atoms with Gasteiger partial charge in [0.05, 0.1) is 6.42 Å². The van der Waals surface area contributed by atoms with Gasteiger partial charge in [-0.15, -0.1) is 0 Å². The van der Waals surface area contributed by atoms with Crippen molar-refractivity contribution >= 4 is 22.6 Å². The number of aromatic amines is 1. The number of benzene rings is 2. The maximum absolute atomic E-state index is 11.1. The minimum absolute atomic E-state index is 0.0379. The zero-order chi connectivity index (χ0) is 19.4. The number of rotatable bonds is 8. The van der Waals surface area contributed by atoms with Crippen molar-refractivity contribution in [3.05, 3.63) is 53.6 Å². The predicted molar refractivity (Wildman–Crippen MR) is 111 cm³/mol. The van der Waals surface area contributed by atoms with Crippen LogP contribution in [0.1, 0.15) is 24.0 Å². The molecule has 4 N–H and O–H groups in total. The lowest BCUT2D eigenvalue weighted by molar-refractivity contribution is -0.136. The highest BCUT2D eigenvalue weighted by Gasteiger charge is 2.14. The molecule has 0 aliphatic rings. The third-order valence-corrected chi connectivity index (χ3v) is 4.88. The first-order chi connectivity index (χ1) is 13.0. The predicted octanol–water partition coefficient (Wildman–Crippen LogP) is 3.81. The molecule has 0 saturated carbocycles. The first-order valence-electron chi connectivity index (χ1n) is 9.32. The fourth-order valence-electron chi connectivity index (χ4n) is 3.46. The molecular weight excluding hydrogens is 338 g/mol. The van der Waals surface area contributed by atoms with Crippen molar-refractivity contribution in [1.82, 2.24) is 4.98 Å². The summed E-state index contributed by atoms with van der Waals surface area (Å²) in [4.78, 5) is 16.7. The standard InChI is InChI=1S/C22H27N3O2/c1-25(2)17-9-7-16(8-10-17)22-18(5-3-4-12-23)19-13-15(14-21(26)27)6-11-20(19)24-22/h6-11,13,24H,3-5,12,14,23H2,1-2H3,(H,26,27). The average Bonchev–Trinajstić information content (AvgIpc) is 2.99. The van der Waals surface area contributed by atoms with Crippen LogP contribution in [-0.4, -0.2) is 36.7 Å². The Labute approximate surface area is 159 Å². The van der Waals surface area contributed by atoms with E-state index in [1.54, 1.807) is 0 Å². The molecule has 5 nitrogen and oxygen atoms in total. The highest BCUT2D eigenvalue weighted by atomic mass is 16.4. The van der Waals surface area contributed by atoms with Gasteiger partial charge in [0.1, 0.15) is 0 Å². The van der Waals surface area contributed by atoms with Crippen molar-refractivity contribution in [2.24, 2.45) is 5.73 Å². The molecule has 0 spiro atoms. The summed E-state index contributed by atoms with van der Waals surface area (Å²) >= 11 is 0. The number of nitrogens with two attached hydrogens (primary N) is 1. The molecule has 3 aromatic rings. The topological polar surface area (TPSA) is 82.3 Å². The number of nitrogens with one attached hydrogen (secondary N) is 1. The number of aliphatic carboxylic acids is 1. The third-order valence-electron chi connectivity index (χ3n) is 4.88. The first kappa shape index (κ1) is 19.0. The van der Waals surface area contributed by atoms with Gasteiger partial charge in [0.2, 0.25) is 0 Å². The van der Waals surface area contributed by atoms with Gasteiger partial charge in [0, 0.05) is 36.4 Å². The first-order valence-corrected chi connectivity index (χ1v) is 9.32. The molecule has 0 amide bonds. The number of nitrogens with zero attached hydrogens (tertiary/aromatic N) is 1. The number of carbonyl (C=O) groups is 1. The highest BCUT2D eigenvalue weighted by molar-refractivity contribution is 5.92. The lowest BCUT2D eigenvalue weighted by Crippen LogP contribution is -2.07. The van der Waals surface area contributed by atoms with Gasteiger partial charge in [0.25, 0.3) is 0 Å². The summed E-state index contributed by atoms with van der Waals surface area (Å²) in [6.45, 7) is 0.680. The smallest absolute Gasteiger partial charge is 0.307 e. The Balaban J connectivity index is 2.06. The summed E-state index contributed by atoms with van der Waals surface area (Å²) < 4.78 is 0. The zero-order valence-electron chi connectivity index (χ0n) is 16.0. The Kier molecular flexibility index (Phi) is 5.81. The zero-order valence-corrected chi connectivity index (χ0v) is 16.0. The van der Waals surface area contributed by atoms with E-state index in [0.717, 1.165) is 52.7 Å². The molecule has 0 radical (unpaired) electrons. The molecule has 1 heterocycles. The Hall–Kier alpha value is -2.79. The monoisotopic (exact) mass is 365 g/mol. The van der Waals surface area contributed by atoms with Gasteiger partial charge in [-0.3, -0.25) is 4.79 Å². The van der Waals surface area contributed by atoms with Crippen LogP contribution in [0.4, 0.5) is 5.69 Å². The van der Waals surface area contributed by atoms with E-state index in [0.29, 0.717) is 6.54 Å². The maximum atomic E-state index is 11.1. The molecule has 0 atom stereocenters. The number of carboxylic acids is 1. The number of unbranched alkanes of at least 4 members (excludes halogenated alkanes) is 1. The number of H-pyrrole nitrogens is 1. The summed E-state index contributed by atoms with van der Waals surface area (Å²) in [6, 6.07) is 14.4. The van der Waals surface area contributed by atoms with Crippen LogP contribution in [0.15, 0.2) is 42.5 Å². The summed E-state index contributed by atoms with van der Waals surface area (Å²) in [5, 5.41) is 10.2. The molecule has 2 aromatic carbocycles. The summed E-state index contributed by atoms with van der Waals surface area (Å²) in [7, 11) is 4.06. The summed E-state index contributed by atoms with van der Waals surface area (Å²) in [5.41, 5.74) is 12.2. The van der Waals surface area contributed by atoms with Crippen LogP contribution in [0.5, 0.6) is 0 Å². The second kappa shape index (κ2) is 8.27. The fraction of sp³-hybridized carbons (Fsp3) is 0.318. The van der Waals surface area contributed by atoms with Crippen LogP contribution in [0.25, 0.3) is 22.2 Å². The van der Waals surface area contributed by atoms with Gasteiger partial charge in [-0.05, 0) is 66.8 Å². The Morgan fingerprint density at radius 1 is 1.11 bits per heavy atom. The lowest BCUT2D eigenvalue weighted by Gasteiger charge is -2.13. The summed E-state index contributed by atoms with van der Waals surface area (Å²) in [6.07, 6.45) is 2.94. The Morgan fingerprint density at radius 2 is 1.85 bits per heavy atom. The number of aromatic nitrogens is 1. The Bertz CT molecular complexity index is 927. The van der Waals surface area contributed by atoms with E-state index in [1.165, 1.54) is 5.56 Å². The average molecular weight is 365 g/mol. The van der Waals surface area contributed by atoms with Gasteiger partial charge in [-0.25, -0.2) is 0 Å². The molecule has 0 aliphatic carbocycles. The number of hydrogen-bond donors (Lipinski definition) is 3. The van der Waals surface area contributed by atoms with Crippen LogP contribution in [0, 0.1) is 0 Å². The normalized spacial score (nSPS) is 11.1. The van der Waals surface area contributed by atoms with Crippen molar-refractivity contribution in [3.8, 4) is 11.3 Å². The van der Waals surface area contributed by atoms with Crippen molar-refractivity contribution < 1.29 is 9.90 Å². The summed E-state index contributed by atoms with van der Waals surface area (Å²) in [5.74, 6) is -0.811. The molecule has 0 aliphatic heterocycles. The minimum Gasteiger partial charge on any atom is -0.481 e. The fourth-order valence-corrected chi connectivity index (χ4v) is 3.46. The van der Waals surface area contributed by atoms with Crippen LogP contribution in [-0.2, 0) is 17.6 Å².